The Morgan fingerprint density at radius 1 is 1.11 bits per heavy atom. The van der Waals surface area contributed by atoms with Crippen LogP contribution in [0.4, 0.5) is 4.79 Å². The second-order valence-electron chi connectivity index (χ2n) is 11.8. The van der Waals surface area contributed by atoms with Gasteiger partial charge in [0.15, 0.2) is 18.3 Å². The molecule has 4 heterocycles. The summed E-state index contributed by atoms with van der Waals surface area (Å²) in [7, 11) is 0. The number of hydrogen-bond acceptors (Lipinski definition) is 11. The number of benzene rings is 1. The standard InChI is InChI=1S/C28H32N8O7S/c1-27(2,3)25(40)43-14-35-20(32-33-34-35)19-28(4,5)44-24-18(23(39)36(19)24)29-22(38)17(15-10-7-6-8-11-15)30-26(41)31-21(37)16-12-9-13-42-16/h6-13,17-19,24H,14H2,1-5H3,(H,29,38)(H2,30,31,37,41)/t17?,18?,19?,24-/m1/s1. The highest BCUT2D eigenvalue weighted by atomic mass is 32.2. The molecule has 0 bridgehead atoms. The SMILES string of the molecule is CC(C)(C)C(=O)OCn1nnnc1C1N2C(=O)C(NC(=O)C(NC(=O)NC(=O)c3ccco3)c3ccccc3)[C@H]2SC1(C)C. The largest absolute Gasteiger partial charge is 0.459 e. The lowest BCUT2D eigenvalue weighted by Gasteiger charge is -2.44. The van der Waals surface area contributed by atoms with E-state index in [4.69, 9.17) is 9.15 Å². The van der Waals surface area contributed by atoms with E-state index in [0.29, 0.717) is 11.4 Å². The van der Waals surface area contributed by atoms with Gasteiger partial charge in [-0.25, -0.2) is 4.79 Å². The smallest absolute Gasteiger partial charge is 0.322 e. The van der Waals surface area contributed by atoms with Crippen LogP contribution in [0, 0.1) is 5.41 Å². The number of esters is 1. The summed E-state index contributed by atoms with van der Waals surface area (Å²) in [6.45, 7) is 8.83. The molecule has 2 aliphatic rings. The third-order valence-electron chi connectivity index (χ3n) is 7.12. The van der Waals surface area contributed by atoms with Crippen LogP contribution in [0.15, 0.2) is 53.1 Å². The maximum absolute atomic E-state index is 13.6. The molecule has 15 nitrogen and oxygen atoms in total. The first kappa shape index (κ1) is 30.7. The zero-order valence-corrected chi connectivity index (χ0v) is 25.5. The summed E-state index contributed by atoms with van der Waals surface area (Å²) < 4.78 is 11.2. The van der Waals surface area contributed by atoms with E-state index in [1.165, 1.54) is 34.8 Å². The number of tetrazole rings is 1. The van der Waals surface area contributed by atoms with Gasteiger partial charge in [-0.3, -0.25) is 24.5 Å². The fourth-order valence-corrected chi connectivity index (χ4v) is 6.55. The highest BCUT2D eigenvalue weighted by molar-refractivity contribution is 8.01. The van der Waals surface area contributed by atoms with Gasteiger partial charge in [-0.1, -0.05) is 30.3 Å². The maximum Gasteiger partial charge on any atom is 0.322 e. The van der Waals surface area contributed by atoms with E-state index in [1.807, 2.05) is 13.8 Å². The van der Waals surface area contributed by atoms with Gasteiger partial charge in [0.1, 0.15) is 23.5 Å². The first-order valence-corrected chi connectivity index (χ1v) is 14.6. The number of carbonyl (C=O) groups is 5. The van der Waals surface area contributed by atoms with Crippen LogP contribution >= 0.6 is 11.8 Å². The first-order chi connectivity index (χ1) is 20.8. The minimum absolute atomic E-state index is 0.0742. The Balaban J connectivity index is 1.29. The van der Waals surface area contributed by atoms with Crippen LogP contribution < -0.4 is 16.0 Å². The van der Waals surface area contributed by atoms with Gasteiger partial charge >= 0.3 is 12.0 Å². The highest BCUT2D eigenvalue weighted by Gasteiger charge is 2.63. The van der Waals surface area contributed by atoms with Crippen LogP contribution in [0.1, 0.15) is 68.6 Å². The molecule has 1 aromatic carbocycles. The number of furan rings is 1. The highest BCUT2D eigenvalue weighted by Crippen LogP contribution is 2.57. The van der Waals surface area contributed by atoms with Crippen LogP contribution in [-0.2, 0) is 25.9 Å². The summed E-state index contributed by atoms with van der Waals surface area (Å²) in [6.07, 6.45) is 1.29. The van der Waals surface area contributed by atoms with Gasteiger partial charge in [-0.15, -0.1) is 16.9 Å². The number of thioether (sulfide) groups is 1. The Hall–Kier alpha value is -4.73. The number of fused-ring (bicyclic) bond motifs is 1. The molecule has 2 fully saturated rings. The predicted octanol–water partition coefficient (Wildman–Crippen LogP) is 1.91. The fraction of sp³-hybridized carbons (Fsp3) is 0.429. The van der Waals surface area contributed by atoms with E-state index in [1.54, 1.807) is 56.0 Å². The second kappa shape index (κ2) is 11.7. The summed E-state index contributed by atoms with van der Waals surface area (Å²) in [5.41, 5.74) is -0.279. The number of rotatable bonds is 8. The van der Waals surface area contributed by atoms with Crippen molar-refractivity contribution < 1.29 is 33.1 Å². The maximum atomic E-state index is 13.6. The van der Waals surface area contributed by atoms with Crippen LogP contribution in [0.5, 0.6) is 0 Å². The van der Waals surface area contributed by atoms with Crippen molar-refractivity contribution in [3.05, 3.63) is 65.9 Å². The van der Waals surface area contributed by atoms with Crippen molar-refractivity contribution in [2.75, 3.05) is 0 Å². The van der Waals surface area contributed by atoms with Crippen molar-refractivity contribution in [1.82, 2.24) is 41.1 Å². The van der Waals surface area contributed by atoms with Gasteiger partial charge < -0.3 is 24.7 Å². The number of carbonyl (C=O) groups excluding carboxylic acids is 5. The molecule has 3 unspecified atom stereocenters. The number of imide groups is 1. The average molecular weight is 625 g/mol. The molecule has 232 valence electrons. The monoisotopic (exact) mass is 624 g/mol. The molecule has 44 heavy (non-hydrogen) atoms. The molecule has 2 saturated heterocycles. The number of amides is 5. The minimum Gasteiger partial charge on any atom is -0.459 e. The molecule has 3 aromatic rings. The van der Waals surface area contributed by atoms with Gasteiger partial charge in [0.05, 0.1) is 11.7 Å². The molecule has 2 aliphatic heterocycles. The van der Waals surface area contributed by atoms with Crippen LogP contribution in [0.25, 0.3) is 0 Å². The molecule has 16 heteroatoms. The average Bonchev–Trinajstić information content (AvgIpc) is 3.72. The second-order valence-corrected chi connectivity index (χ2v) is 13.6. The number of hydrogen-bond donors (Lipinski definition) is 3. The van der Waals surface area contributed by atoms with Gasteiger partial charge in [0, 0.05) is 4.75 Å². The van der Waals surface area contributed by atoms with E-state index in [-0.39, 0.29) is 18.4 Å². The van der Waals surface area contributed by atoms with Gasteiger partial charge in [-0.05, 0) is 62.7 Å². The normalized spacial score (nSPS) is 21.1. The molecule has 2 aromatic heterocycles. The summed E-state index contributed by atoms with van der Waals surface area (Å²) in [4.78, 5) is 66.0. The molecule has 5 rings (SSSR count). The van der Waals surface area contributed by atoms with Crippen molar-refractivity contribution in [1.29, 1.82) is 0 Å². The van der Waals surface area contributed by atoms with Crippen molar-refractivity contribution in [2.24, 2.45) is 5.41 Å². The Morgan fingerprint density at radius 2 is 1.84 bits per heavy atom. The fourth-order valence-electron chi connectivity index (χ4n) is 4.92. The van der Waals surface area contributed by atoms with Gasteiger partial charge in [0.2, 0.25) is 11.8 Å². The molecule has 4 atom stereocenters. The Labute approximate surface area is 256 Å². The van der Waals surface area contributed by atoms with Crippen molar-refractivity contribution in [3.8, 4) is 0 Å². The number of nitrogens with zero attached hydrogens (tertiary/aromatic N) is 5. The lowest BCUT2D eigenvalue weighted by atomic mass is 9.95. The lowest BCUT2D eigenvalue weighted by Crippen LogP contribution is -2.68. The number of nitrogens with one attached hydrogen (secondary N) is 3. The summed E-state index contributed by atoms with van der Waals surface area (Å²) >= 11 is 1.46. The molecule has 5 amide bonds. The topological polar surface area (TPSA) is 191 Å². The van der Waals surface area contributed by atoms with E-state index < -0.39 is 57.5 Å². The molecule has 0 spiro atoms. The van der Waals surface area contributed by atoms with Gasteiger partial charge in [0.25, 0.3) is 5.91 Å². The van der Waals surface area contributed by atoms with Crippen LogP contribution in [0.3, 0.4) is 0 Å². The van der Waals surface area contributed by atoms with Crippen molar-refractivity contribution >= 4 is 41.5 Å². The zero-order chi connectivity index (χ0) is 31.8. The van der Waals surface area contributed by atoms with E-state index in [2.05, 4.69) is 31.5 Å². The number of ether oxygens (including phenoxy) is 1. The van der Waals surface area contributed by atoms with Gasteiger partial charge in [-0.2, -0.15) is 4.68 Å². The van der Waals surface area contributed by atoms with Crippen molar-refractivity contribution in [2.45, 2.75) is 69.6 Å². The Kier molecular flexibility index (Phi) is 8.20. The van der Waals surface area contributed by atoms with E-state index in [0.717, 1.165) is 0 Å². The zero-order valence-electron chi connectivity index (χ0n) is 24.6. The van der Waals surface area contributed by atoms with E-state index in [9.17, 15) is 24.0 Å². The lowest BCUT2D eigenvalue weighted by molar-refractivity contribution is -0.158. The molecule has 0 saturated carbocycles. The quantitative estimate of drug-likeness (QED) is 0.245. The Bertz CT molecular complexity index is 1570. The molecular weight excluding hydrogens is 592 g/mol. The van der Waals surface area contributed by atoms with E-state index >= 15 is 0 Å². The third kappa shape index (κ3) is 6.02. The van der Waals surface area contributed by atoms with Crippen LogP contribution in [0.2, 0.25) is 0 Å². The molecular formula is C28H32N8O7S. The summed E-state index contributed by atoms with van der Waals surface area (Å²) in [5.74, 6) is -1.95. The molecule has 0 aliphatic carbocycles. The summed E-state index contributed by atoms with van der Waals surface area (Å²) in [5, 5.41) is 18.8. The number of urea groups is 1. The van der Waals surface area contributed by atoms with Crippen LogP contribution in [-0.4, -0.2) is 71.0 Å². The number of aromatic nitrogens is 4. The predicted molar refractivity (Wildman–Crippen MR) is 154 cm³/mol. The minimum atomic E-state index is -1.22. The van der Waals surface area contributed by atoms with Crippen molar-refractivity contribution in [3.63, 3.8) is 0 Å². The molecule has 0 radical (unpaired) electrons. The summed E-state index contributed by atoms with van der Waals surface area (Å²) in [6, 6.07) is 7.70. The Morgan fingerprint density at radius 3 is 2.50 bits per heavy atom. The first-order valence-electron chi connectivity index (χ1n) is 13.7. The third-order valence-corrected chi connectivity index (χ3v) is 8.69. The molecule has 3 N–H and O–H groups in total. The number of β-lactam (4-membered cyclic amide) rings is 1.